The van der Waals surface area contributed by atoms with E-state index in [4.69, 9.17) is 11.6 Å². The molecule has 0 fully saturated rings. The summed E-state index contributed by atoms with van der Waals surface area (Å²) in [6.07, 6.45) is -2.75. The summed E-state index contributed by atoms with van der Waals surface area (Å²) in [7, 11) is 0. The van der Waals surface area contributed by atoms with Gasteiger partial charge < -0.3 is 0 Å². The lowest BCUT2D eigenvalue weighted by molar-refractivity contribution is 0.123. The fourth-order valence-electron chi connectivity index (χ4n) is 0.803. The monoisotopic (exact) mass is 210 g/mol. The number of rotatable bonds is 2. The number of hydrogen-bond acceptors (Lipinski definition) is 2. The van der Waals surface area contributed by atoms with E-state index in [2.05, 4.69) is 0 Å². The van der Waals surface area contributed by atoms with Crippen LogP contribution >= 0.6 is 11.6 Å². The Hall–Kier alpha value is -1.17. The topological polar surface area (TPSA) is 54.9 Å². The van der Waals surface area contributed by atoms with Gasteiger partial charge >= 0.3 is 5.69 Å². The van der Waals surface area contributed by atoms with Gasteiger partial charge in [-0.1, -0.05) is 11.6 Å². The van der Waals surface area contributed by atoms with E-state index in [-0.39, 0.29) is 5.15 Å². The van der Waals surface area contributed by atoms with E-state index in [9.17, 15) is 18.4 Å². The molecule has 0 spiro atoms. The minimum Gasteiger partial charge on any atom is -0.298 e. The summed E-state index contributed by atoms with van der Waals surface area (Å²) < 4.78 is 24.1. The molecule has 13 heavy (non-hydrogen) atoms. The normalized spacial score (nSPS) is 10.8. The lowest BCUT2D eigenvalue weighted by Crippen LogP contribution is -2.36. The summed E-state index contributed by atoms with van der Waals surface area (Å²) in [6, 6.07) is 0.866. The third-order valence-corrected chi connectivity index (χ3v) is 1.51. The standard InChI is InChI=1S/C6H5ClF2N2O2/c7-3-1-5(12)11(2-4(8)9)6(13)10-3/h1,4H,2H2,(H,10,13). The number of aromatic nitrogens is 2. The van der Waals surface area contributed by atoms with Crippen LogP contribution in [0.2, 0.25) is 5.15 Å². The smallest absolute Gasteiger partial charge is 0.298 e. The Kier molecular flexibility index (Phi) is 2.82. The molecule has 0 atom stereocenters. The van der Waals surface area contributed by atoms with Gasteiger partial charge in [-0.05, 0) is 0 Å². The SMILES string of the molecule is O=c1cc(Cl)[nH]c(=O)n1CC(F)F. The van der Waals surface area contributed by atoms with Gasteiger partial charge in [0.2, 0.25) is 0 Å². The molecule has 0 bridgehead atoms. The van der Waals surface area contributed by atoms with Crippen molar-refractivity contribution in [3.8, 4) is 0 Å². The number of halogens is 3. The molecule has 0 unspecified atom stereocenters. The number of nitrogens with one attached hydrogen (secondary N) is 1. The van der Waals surface area contributed by atoms with Gasteiger partial charge in [-0.15, -0.1) is 0 Å². The van der Waals surface area contributed by atoms with E-state index in [1.807, 2.05) is 4.98 Å². The van der Waals surface area contributed by atoms with Crippen LogP contribution in [0.1, 0.15) is 0 Å². The highest BCUT2D eigenvalue weighted by atomic mass is 35.5. The molecule has 1 rings (SSSR count). The van der Waals surface area contributed by atoms with Crippen LogP contribution in [-0.2, 0) is 6.54 Å². The molecule has 72 valence electrons. The van der Waals surface area contributed by atoms with Gasteiger partial charge in [0, 0.05) is 6.07 Å². The van der Waals surface area contributed by atoms with Crippen molar-refractivity contribution in [2.45, 2.75) is 13.0 Å². The van der Waals surface area contributed by atoms with Crippen molar-refractivity contribution in [3.05, 3.63) is 32.1 Å². The van der Waals surface area contributed by atoms with Crippen LogP contribution in [0.15, 0.2) is 15.7 Å². The Labute approximate surface area is 75.8 Å². The third kappa shape index (κ3) is 2.38. The average molecular weight is 211 g/mol. The van der Waals surface area contributed by atoms with Crippen LogP contribution in [0.25, 0.3) is 0 Å². The maximum Gasteiger partial charge on any atom is 0.329 e. The van der Waals surface area contributed by atoms with Crippen LogP contribution in [0.3, 0.4) is 0 Å². The maximum atomic E-state index is 11.8. The Morgan fingerprint density at radius 3 is 2.62 bits per heavy atom. The fraction of sp³-hybridized carbons (Fsp3) is 0.333. The zero-order valence-electron chi connectivity index (χ0n) is 6.26. The molecule has 7 heteroatoms. The molecular weight excluding hydrogens is 206 g/mol. The van der Waals surface area contributed by atoms with E-state index >= 15 is 0 Å². The first-order valence-corrected chi connectivity index (χ1v) is 3.66. The Bertz CT molecular complexity index is 381. The molecule has 1 N–H and O–H groups in total. The highest BCUT2D eigenvalue weighted by Gasteiger charge is 2.09. The molecule has 0 aliphatic heterocycles. The van der Waals surface area contributed by atoms with Crippen molar-refractivity contribution in [3.63, 3.8) is 0 Å². The van der Waals surface area contributed by atoms with Crippen molar-refractivity contribution in [2.75, 3.05) is 0 Å². The Morgan fingerprint density at radius 1 is 1.54 bits per heavy atom. The van der Waals surface area contributed by atoms with Crippen LogP contribution in [0, 0.1) is 0 Å². The average Bonchev–Trinajstić information content (AvgIpc) is 1.96. The van der Waals surface area contributed by atoms with Gasteiger partial charge in [-0.2, -0.15) is 0 Å². The Morgan fingerprint density at radius 2 is 2.15 bits per heavy atom. The molecular formula is C6H5ClF2N2O2. The van der Waals surface area contributed by atoms with Crippen LogP contribution in [0.5, 0.6) is 0 Å². The number of H-pyrrole nitrogens is 1. The second-order valence-corrected chi connectivity index (χ2v) is 2.67. The van der Waals surface area contributed by atoms with E-state index in [0.717, 1.165) is 6.07 Å². The summed E-state index contributed by atoms with van der Waals surface area (Å²) >= 11 is 5.30. The highest BCUT2D eigenvalue weighted by molar-refractivity contribution is 6.29. The highest BCUT2D eigenvalue weighted by Crippen LogP contribution is 1.96. The number of aromatic amines is 1. The van der Waals surface area contributed by atoms with Gasteiger partial charge in [0.15, 0.2) is 0 Å². The van der Waals surface area contributed by atoms with Crippen LogP contribution in [0.4, 0.5) is 8.78 Å². The molecule has 0 saturated heterocycles. The summed E-state index contributed by atoms with van der Waals surface area (Å²) in [5, 5.41) is -0.166. The van der Waals surface area contributed by atoms with Gasteiger partial charge in [0.1, 0.15) is 5.15 Å². The van der Waals surface area contributed by atoms with Gasteiger partial charge in [0.25, 0.3) is 12.0 Å². The Balaban J connectivity index is 3.22. The van der Waals surface area contributed by atoms with Crippen molar-refractivity contribution < 1.29 is 8.78 Å². The van der Waals surface area contributed by atoms with E-state index < -0.39 is 24.2 Å². The van der Waals surface area contributed by atoms with E-state index in [1.54, 1.807) is 0 Å². The lowest BCUT2D eigenvalue weighted by atomic mass is 10.6. The fourth-order valence-corrected chi connectivity index (χ4v) is 0.977. The molecule has 0 aliphatic rings. The number of alkyl halides is 2. The molecule has 1 aromatic rings. The number of hydrogen-bond donors (Lipinski definition) is 1. The van der Waals surface area contributed by atoms with Crippen LogP contribution in [-0.4, -0.2) is 16.0 Å². The summed E-state index contributed by atoms with van der Waals surface area (Å²) in [4.78, 5) is 23.8. The van der Waals surface area contributed by atoms with Crippen LogP contribution < -0.4 is 11.2 Å². The minimum atomic E-state index is -2.75. The van der Waals surface area contributed by atoms with Crippen molar-refractivity contribution in [1.82, 2.24) is 9.55 Å². The summed E-state index contributed by atoms with van der Waals surface area (Å²) in [6.45, 7) is -0.925. The van der Waals surface area contributed by atoms with E-state index in [1.165, 1.54) is 0 Å². The maximum absolute atomic E-state index is 11.8. The number of nitrogens with zero attached hydrogens (tertiary/aromatic N) is 1. The molecule has 0 saturated carbocycles. The predicted octanol–water partition coefficient (Wildman–Crippen LogP) is 0.455. The first kappa shape index (κ1) is 9.91. The molecule has 0 aromatic carbocycles. The first-order chi connectivity index (χ1) is 6.00. The predicted molar refractivity (Wildman–Crippen MR) is 42.3 cm³/mol. The zero-order chi connectivity index (χ0) is 10.0. The second kappa shape index (κ2) is 3.69. The molecule has 0 amide bonds. The molecule has 1 aromatic heterocycles. The molecule has 0 radical (unpaired) electrons. The molecule has 1 heterocycles. The zero-order valence-corrected chi connectivity index (χ0v) is 7.02. The van der Waals surface area contributed by atoms with Gasteiger partial charge in [-0.25, -0.2) is 13.6 Å². The summed E-state index contributed by atoms with van der Waals surface area (Å²) in [5.41, 5.74) is -1.77. The summed E-state index contributed by atoms with van der Waals surface area (Å²) in [5.74, 6) is 0. The minimum absolute atomic E-state index is 0.166. The largest absolute Gasteiger partial charge is 0.329 e. The first-order valence-electron chi connectivity index (χ1n) is 3.28. The van der Waals surface area contributed by atoms with Crippen molar-refractivity contribution in [1.29, 1.82) is 0 Å². The quantitative estimate of drug-likeness (QED) is 0.721. The van der Waals surface area contributed by atoms with E-state index in [0.29, 0.717) is 4.57 Å². The van der Waals surface area contributed by atoms with Crippen molar-refractivity contribution in [2.24, 2.45) is 0 Å². The van der Waals surface area contributed by atoms with Gasteiger partial charge in [-0.3, -0.25) is 14.3 Å². The lowest BCUT2D eigenvalue weighted by Gasteiger charge is -2.01. The second-order valence-electron chi connectivity index (χ2n) is 2.26. The molecule has 0 aliphatic carbocycles. The van der Waals surface area contributed by atoms with Crippen molar-refractivity contribution >= 4 is 11.6 Å². The third-order valence-electron chi connectivity index (χ3n) is 1.31. The molecule has 4 nitrogen and oxygen atoms in total. The van der Waals surface area contributed by atoms with Gasteiger partial charge in [0.05, 0.1) is 6.54 Å².